The van der Waals surface area contributed by atoms with E-state index in [4.69, 9.17) is 4.74 Å². The molecular weight excluding hydrogens is 420 g/mol. The molecule has 0 radical (unpaired) electrons. The average molecular weight is 457 g/mol. The molecule has 3 rings (SSSR count). The number of carbonyl (C=O) groups excluding carboxylic acids is 3. The Labute approximate surface area is 196 Å². The van der Waals surface area contributed by atoms with Gasteiger partial charge in [0.25, 0.3) is 0 Å². The average Bonchev–Trinajstić information content (AvgIpc) is 2.79. The molecule has 2 aliphatic heterocycles. The maximum Gasteiger partial charge on any atom is 0.338 e. The van der Waals surface area contributed by atoms with Gasteiger partial charge in [-0.2, -0.15) is 0 Å². The van der Waals surface area contributed by atoms with Crippen LogP contribution in [0.1, 0.15) is 52.1 Å². The van der Waals surface area contributed by atoms with Crippen LogP contribution in [0.15, 0.2) is 41.6 Å². The van der Waals surface area contributed by atoms with E-state index in [1.54, 1.807) is 6.92 Å². The van der Waals surface area contributed by atoms with E-state index in [-0.39, 0.29) is 30.5 Å². The van der Waals surface area contributed by atoms with Crippen molar-refractivity contribution in [2.75, 3.05) is 26.2 Å². The first-order valence-corrected chi connectivity index (χ1v) is 11.9. The molecule has 33 heavy (non-hydrogen) atoms. The Balaban J connectivity index is 1.74. The van der Waals surface area contributed by atoms with Crippen molar-refractivity contribution in [3.8, 4) is 0 Å². The Kier molecular flexibility index (Phi) is 8.49. The van der Waals surface area contributed by atoms with E-state index >= 15 is 0 Å². The number of rotatable bonds is 8. The number of carbonyl (C=O) groups is 3. The highest BCUT2D eigenvalue weighted by atomic mass is 16.5. The lowest BCUT2D eigenvalue weighted by Gasteiger charge is -2.35. The fourth-order valence-electron chi connectivity index (χ4n) is 4.17. The van der Waals surface area contributed by atoms with Crippen LogP contribution >= 0.6 is 0 Å². The maximum atomic E-state index is 12.9. The van der Waals surface area contributed by atoms with Crippen molar-refractivity contribution < 1.29 is 19.1 Å². The number of urea groups is 1. The summed E-state index contributed by atoms with van der Waals surface area (Å²) in [5.41, 5.74) is 1.80. The van der Waals surface area contributed by atoms with Gasteiger partial charge in [0.1, 0.15) is 0 Å². The minimum Gasteiger partial charge on any atom is -0.463 e. The van der Waals surface area contributed by atoms with Crippen molar-refractivity contribution in [3.63, 3.8) is 0 Å². The first-order chi connectivity index (χ1) is 15.8. The lowest BCUT2D eigenvalue weighted by Crippen LogP contribution is -2.50. The standard InChI is InChI=1S/C25H36N4O4/c1-5-33-24(31)21-20(27-25(32)28-22(21)18-9-7-6-8-10-18)15-29-13-11-19(12-14-29)23(30)26-17(4)16(2)3/h6-10,16-17,19,22H,5,11-15H2,1-4H3,(H,26,30)(H2,27,28,32). The van der Waals surface area contributed by atoms with Crippen LogP contribution in [0, 0.1) is 11.8 Å². The van der Waals surface area contributed by atoms with Gasteiger partial charge in [0.2, 0.25) is 5.91 Å². The Hall–Kier alpha value is -2.87. The highest BCUT2D eigenvalue weighted by Gasteiger charge is 2.35. The molecule has 0 bridgehead atoms. The molecule has 0 saturated carbocycles. The number of nitrogens with one attached hydrogen (secondary N) is 3. The summed E-state index contributed by atoms with van der Waals surface area (Å²) in [6.07, 6.45) is 1.49. The van der Waals surface area contributed by atoms with E-state index in [1.807, 2.05) is 37.3 Å². The Morgan fingerprint density at radius 2 is 1.82 bits per heavy atom. The van der Waals surface area contributed by atoms with Gasteiger partial charge in [-0.3, -0.25) is 9.69 Å². The number of amides is 3. The second-order valence-electron chi connectivity index (χ2n) is 9.15. The first-order valence-electron chi connectivity index (χ1n) is 11.9. The van der Waals surface area contributed by atoms with Crippen molar-refractivity contribution in [3.05, 3.63) is 47.2 Å². The summed E-state index contributed by atoms with van der Waals surface area (Å²) in [7, 11) is 0. The van der Waals surface area contributed by atoms with E-state index < -0.39 is 12.0 Å². The van der Waals surface area contributed by atoms with Crippen molar-refractivity contribution in [2.45, 2.75) is 52.6 Å². The summed E-state index contributed by atoms with van der Waals surface area (Å²) in [4.78, 5) is 40.1. The zero-order chi connectivity index (χ0) is 24.0. The third-order valence-corrected chi connectivity index (χ3v) is 6.49. The lowest BCUT2D eigenvalue weighted by molar-refractivity contribution is -0.139. The van der Waals surface area contributed by atoms with Crippen LogP contribution in [0.5, 0.6) is 0 Å². The zero-order valence-electron chi connectivity index (χ0n) is 20.0. The number of esters is 1. The van der Waals surface area contributed by atoms with Crippen LogP contribution < -0.4 is 16.0 Å². The van der Waals surface area contributed by atoms with E-state index in [1.165, 1.54) is 0 Å². The summed E-state index contributed by atoms with van der Waals surface area (Å²) in [6.45, 7) is 10.1. The molecule has 2 unspecified atom stereocenters. The maximum absolute atomic E-state index is 12.9. The highest BCUT2D eigenvalue weighted by Crippen LogP contribution is 2.29. The van der Waals surface area contributed by atoms with Crippen molar-refractivity contribution in [1.82, 2.24) is 20.9 Å². The molecule has 1 fully saturated rings. The number of hydrogen-bond acceptors (Lipinski definition) is 5. The predicted molar refractivity (Wildman–Crippen MR) is 126 cm³/mol. The summed E-state index contributed by atoms with van der Waals surface area (Å²) >= 11 is 0. The molecule has 2 heterocycles. The second-order valence-corrected chi connectivity index (χ2v) is 9.15. The first kappa shape index (κ1) is 24.8. The molecule has 0 spiro atoms. The minimum atomic E-state index is -0.574. The van der Waals surface area contributed by atoms with Crippen molar-refractivity contribution in [1.29, 1.82) is 0 Å². The smallest absolute Gasteiger partial charge is 0.338 e. The number of ether oxygens (including phenoxy) is 1. The monoisotopic (exact) mass is 456 g/mol. The quantitative estimate of drug-likeness (QED) is 0.523. The minimum absolute atomic E-state index is 0.0133. The molecule has 8 nitrogen and oxygen atoms in total. The van der Waals surface area contributed by atoms with E-state index in [9.17, 15) is 14.4 Å². The predicted octanol–water partition coefficient (Wildman–Crippen LogP) is 2.73. The highest BCUT2D eigenvalue weighted by molar-refractivity contribution is 5.95. The van der Waals surface area contributed by atoms with Crippen LogP contribution in [-0.2, 0) is 14.3 Å². The van der Waals surface area contributed by atoms with Gasteiger partial charge in [-0.25, -0.2) is 9.59 Å². The summed E-state index contributed by atoms with van der Waals surface area (Å²) in [6, 6.07) is 8.64. The number of piperidine rings is 1. The molecule has 0 aromatic heterocycles. The van der Waals surface area contributed by atoms with Crippen molar-refractivity contribution in [2.24, 2.45) is 11.8 Å². The van der Waals surface area contributed by atoms with Gasteiger partial charge >= 0.3 is 12.0 Å². The van der Waals surface area contributed by atoms with Crippen molar-refractivity contribution >= 4 is 17.9 Å². The third-order valence-electron chi connectivity index (χ3n) is 6.49. The molecule has 2 aliphatic rings. The zero-order valence-corrected chi connectivity index (χ0v) is 20.0. The van der Waals surface area contributed by atoms with Crippen LogP contribution in [-0.4, -0.2) is 55.1 Å². The van der Waals surface area contributed by atoms with Gasteiger partial charge < -0.3 is 20.7 Å². The molecule has 180 valence electrons. The van der Waals surface area contributed by atoms with Crippen LogP contribution in [0.4, 0.5) is 4.79 Å². The van der Waals surface area contributed by atoms with Crippen LogP contribution in [0.3, 0.4) is 0 Å². The molecule has 1 aromatic carbocycles. The SMILES string of the molecule is CCOC(=O)C1=C(CN2CCC(C(=O)NC(C)C(C)C)CC2)NC(=O)NC1c1ccccc1. The molecule has 2 atom stereocenters. The van der Waals surface area contributed by atoms with Gasteiger partial charge in [0.15, 0.2) is 0 Å². The molecular formula is C25H36N4O4. The van der Waals surface area contributed by atoms with E-state index in [2.05, 4.69) is 34.7 Å². The number of hydrogen-bond donors (Lipinski definition) is 3. The summed E-state index contributed by atoms with van der Waals surface area (Å²) in [5.74, 6) is 0.0522. The molecule has 1 saturated heterocycles. The van der Waals surface area contributed by atoms with Crippen LogP contribution in [0.2, 0.25) is 0 Å². The van der Waals surface area contributed by atoms with E-state index in [0.29, 0.717) is 36.8 Å². The van der Waals surface area contributed by atoms with E-state index in [0.717, 1.165) is 18.4 Å². The third kappa shape index (κ3) is 6.35. The van der Waals surface area contributed by atoms with Gasteiger partial charge in [0.05, 0.1) is 18.2 Å². The Bertz CT molecular complexity index is 876. The summed E-state index contributed by atoms with van der Waals surface area (Å²) in [5, 5.41) is 8.81. The van der Waals surface area contributed by atoms with Gasteiger partial charge in [-0.1, -0.05) is 44.2 Å². The second kappa shape index (κ2) is 11.3. The Morgan fingerprint density at radius 3 is 2.42 bits per heavy atom. The fourth-order valence-corrected chi connectivity index (χ4v) is 4.17. The number of nitrogens with zero attached hydrogens (tertiary/aromatic N) is 1. The number of likely N-dealkylation sites (tertiary alicyclic amines) is 1. The lowest BCUT2D eigenvalue weighted by atomic mass is 9.93. The normalized spacial score (nSPS) is 20.8. The Morgan fingerprint density at radius 1 is 1.15 bits per heavy atom. The topological polar surface area (TPSA) is 99.8 Å². The fraction of sp³-hybridized carbons (Fsp3) is 0.560. The van der Waals surface area contributed by atoms with Gasteiger partial charge in [-0.15, -0.1) is 0 Å². The summed E-state index contributed by atoms with van der Waals surface area (Å²) < 4.78 is 5.33. The van der Waals surface area contributed by atoms with Crippen LogP contribution in [0.25, 0.3) is 0 Å². The van der Waals surface area contributed by atoms with Gasteiger partial charge in [-0.05, 0) is 51.3 Å². The van der Waals surface area contributed by atoms with Gasteiger partial charge in [0, 0.05) is 24.2 Å². The number of benzene rings is 1. The molecule has 0 aliphatic carbocycles. The molecule has 3 amide bonds. The molecule has 1 aromatic rings. The largest absolute Gasteiger partial charge is 0.463 e. The molecule has 8 heteroatoms. The molecule has 3 N–H and O–H groups in total.